The minimum atomic E-state index is -5.12. The van der Waals surface area contributed by atoms with E-state index in [1.165, 1.54) is 0 Å². The van der Waals surface area contributed by atoms with Crippen LogP contribution in [0.15, 0.2) is 51.1 Å². The minimum Gasteiger partial charge on any atom is -0.483 e. The summed E-state index contributed by atoms with van der Waals surface area (Å²) in [5.41, 5.74) is -0.886. The zero-order chi connectivity index (χ0) is 74.4. The first-order valence-corrected chi connectivity index (χ1v) is 42.2. The van der Waals surface area contributed by atoms with Gasteiger partial charge in [-0.15, -0.1) is 0 Å². The van der Waals surface area contributed by atoms with Crippen molar-refractivity contribution >= 4 is 86.3 Å². The fraction of sp³-hybridized carbons (Fsp3) is 0.737. The lowest BCUT2D eigenvalue weighted by Crippen LogP contribution is -2.62. The molecule has 0 unspecified atom stereocenters. The third-order valence-corrected chi connectivity index (χ3v) is 31.5. The number of unbranched alkanes of at least 4 members (excludes halogenated alkanes) is 2. The maximum atomic E-state index is 14.2. The van der Waals surface area contributed by atoms with Gasteiger partial charge in [0.15, 0.2) is 6.61 Å². The second kappa shape index (κ2) is 29.6. The van der Waals surface area contributed by atoms with E-state index in [1.54, 1.807) is 4.90 Å². The second-order valence-corrected chi connectivity index (χ2v) is 38.1. The Kier molecular flexibility index (Phi) is 22.3. The van der Waals surface area contributed by atoms with Crippen LogP contribution in [0.5, 0.6) is 5.75 Å². The zero-order valence-electron chi connectivity index (χ0n) is 60.3. The molecule has 12 N–H and O–H groups in total. The molecular formula is C76H110N4O20S3. The van der Waals surface area contributed by atoms with Crippen LogP contribution in [0.25, 0.3) is 32.3 Å². The van der Waals surface area contributed by atoms with Crippen LogP contribution in [0.2, 0.25) is 0 Å². The Morgan fingerprint density at radius 2 is 0.942 bits per heavy atom. The van der Waals surface area contributed by atoms with Gasteiger partial charge < -0.3 is 56.2 Å². The number of carbonyl (C=O) groups is 4. The van der Waals surface area contributed by atoms with Crippen molar-refractivity contribution in [3.05, 3.63) is 36.4 Å². The molecule has 24 nitrogen and oxygen atoms in total. The van der Waals surface area contributed by atoms with Gasteiger partial charge in [0.1, 0.15) is 20.4 Å². The van der Waals surface area contributed by atoms with Crippen molar-refractivity contribution in [3.63, 3.8) is 0 Å². The summed E-state index contributed by atoms with van der Waals surface area (Å²) in [4.78, 5) is 54.1. The Morgan fingerprint density at radius 1 is 0.515 bits per heavy atom. The summed E-state index contributed by atoms with van der Waals surface area (Å²) >= 11 is 0. The van der Waals surface area contributed by atoms with E-state index in [1.807, 2.05) is 0 Å². The molecule has 103 heavy (non-hydrogen) atoms. The highest BCUT2D eigenvalue weighted by Gasteiger charge is 2.68. The lowest BCUT2D eigenvalue weighted by molar-refractivity contribution is -0.207. The summed E-state index contributed by atoms with van der Waals surface area (Å²) in [5.74, 6) is -0.252. The zero-order valence-corrected chi connectivity index (χ0v) is 62.8. The van der Waals surface area contributed by atoms with Gasteiger partial charge in [0.25, 0.3) is 36.3 Å². The number of nitrogens with one attached hydrogen (secondary N) is 3. The summed E-state index contributed by atoms with van der Waals surface area (Å²) < 4.78 is 113. The number of amides is 4. The Morgan fingerprint density at radius 3 is 1.40 bits per heavy atom. The van der Waals surface area contributed by atoms with Gasteiger partial charge in [0, 0.05) is 77.4 Å². The summed E-state index contributed by atoms with van der Waals surface area (Å²) in [6, 6.07) is 5.91. The number of aliphatic hydroxyl groups is 6. The van der Waals surface area contributed by atoms with Crippen LogP contribution in [0.4, 0.5) is 0 Å². The van der Waals surface area contributed by atoms with E-state index in [2.05, 4.69) is 57.5 Å². The van der Waals surface area contributed by atoms with Crippen LogP contribution in [0.1, 0.15) is 183 Å². The van der Waals surface area contributed by atoms with E-state index < -0.39 is 111 Å². The van der Waals surface area contributed by atoms with Crippen molar-refractivity contribution in [1.82, 2.24) is 20.9 Å². The molecule has 0 aliphatic heterocycles. The van der Waals surface area contributed by atoms with Gasteiger partial charge in [-0.3, -0.25) is 32.8 Å². The van der Waals surface area contributed by atoms with Crippen molar-refractivity contribution < 1.29 is 93.5 Å². The van der Waals surface area contributed by atoms with Gasteiger partial charge in [0.05, 0.1) is 43.2 Å². The first-order chi connectivity index (χ1) is 48.4. The summed E-state index contributed by atoms with van der Waals surface area (Å²) in [5, 5.41) is 76.1. The Balaban J connectivity index is 0.656. The maximum Gasteiger partial charge on any atom is 0.295 e. The molecule has 572 valence electrons. The van der Waals surface area contributed by atoms with Crippen molar-refractivity contribution in [2.45, 2.75) is 234 Å². The summed E-state index contributed by atoms with van der Waals surface area (Å²) in [6.07, 6.45) is 11.8. The molecule has 22 atom stereocenters. The standard InChI is InChI=1S/C76H110N4O20S3/c1-41(51-16-18-53-71-55(36-63(85)75(51,53)5)73(3)25-23-45(81)31-43(73)33-57(71)83)11-21-65(87)77-27-7-9-29-80(30-10-8-28-78-66(88)22-12-42(2)52-17-19-54-72-56(37-64(86)76(52,54)6)74(4)26-24-46(82)32-44(74)34-58(72)84)68(90)39-79-67(89)40-100-59-38-62(103(97,98)99)48-14-13-47-60(101(91,92)93)20-15-49-61(102(94,95)96)35-50(59)70(48)69(47)49/h13-15,20,35,38,41-46,51-58,63-64,71-72,81-86H,7-12,16-19,21-34,36-37,39-40H2,1-6H3,(H,77,87)(H,78,88)(H,79,89)(H,91,92,93)(H,94,95,96)(H,97,98,99)/t41-,42-,43+,44+,45-,46-,51-,52-,53+,54+,55+,56+,57-,58-,63+,64+,71+,72+,73+,74+,75-,76-/m1/s1. The predicted octanol–water partition coefficient (Wildman–Crippen LogP) is 8.20. The number of carbonyl (C=O) groups excluding carboxylic acids is 4. The van der Waals surface area contributed by atoms with Gasteiger partial charge >= 0.3 is 0 Å². The van der Waals surface area contributed by atoms with Crippen LogP contribution >= 0.6 is 0 Å². The van der Waals surface area contributed by atoms with Crippen molar-refractivity contribution in [2.75, 3.05) is 39.3 Å². The van der Waals surface area contributed by atoms with Crippen LogP contribution in [-0.4, -0.2) is 174 Å². The summed E-state index contributed by atoms with van der Waals surface area (Å²) in [6.45, 7) is 13.0. The van der Waals surface area contributed by atoms with Gasteiger partial charge in [-0.1, -0.05) is 59.7 Å². The average molecular weight is 1500 g/mol. The third kappa shape index (κ3) is 14.6. The number of ether oxygens (including phenoxy) is 1. The predicted molar refractivity (Wildman–Crippen MR) is 384 cm³/mol. The smallest absolute Gasteiger partial charge is 0.295 e. The average Bonchev–Trinajstić information content (AvgIpc) is 1.70. The third-order valence-electron chi connectivity index (χ3n) is 28.8. The highest BCUT2D eigenvalue weighted by molar-refractivity contribution is 7.86. The monoisotopic (exact) mass is 1490 g/mol. The number of rotatable bonds is 26. The Bertz CT molecular complexity index is 4070. The van der Waals surface area contributed by atoms with Crippen LogP contribution in [0.3, 0.4) is 0 Å². The summed E-state index contributed by atoms with van der Waals surface area (Å²) in [7, 11) is -15.2. The van der Waals surface area contributed by atoms with E-state index in [-0.39, 0.29) is 164 Å². The first-order valence-electron chi connectivity index (χ1n) is 37.9. The number of hydrogen-bond acceptors (Lipinski definition) is 17. The second-order valence-electron chi connectivity index (χ2n) is 33.9. The fourth-order valence-corrected chi connectivity index (χ4v) is 25.5. The van der Waals surface area contributed by atoms with E-state index >= 15 is 0 Å². The molecule has 8 saturated carbocycles. The van der Waals surface area contributed by atoms with Crippen molar-refractivity contribution in [1.29, 1.82) is 0 Å². The van der Waals surface area contributed by atoms with Crippen LogP contribution in [-0.2, 0) is 49.5 Å². The van der Waals surface area contributed by atoms with E-state index in [4.69, 9.17) is 4.74 Å². The normalized spacial score (nSPS) is 35.6. The lowest BCUT2D eigenvalue weighted by atomic mass is 9.43. The number of aliphatic hydroxyl groups excluding tert-OH is 6. The Labute approximate surface area is 605 Å². The number of hydrogen-bond donors (Lipinski definition) is 12. The molecule has 8 fully saturated rings. The van der Waals surface area contributed by atoms with Gasteiger partial charge in [-0.25, -0.2) is 0 Å². The van der Waals surface area contributed by atoms with Gasteiger partial charge in [0.2, 0.25) is 17.7 Å². The molecule has 0 aromatic heterocycles. The minimum absolute atomic E-state index is 0.0376. The first kappa shape index (κ1) is 77.7. The van der Waals surface area contributed by atoms with E-state index in [0.29, 0.717) is 90.1 Å². The molecule has 8 aliphatic carbocycles. The molecule has 0 spiro atoms. The molecule has 0 heterocycles. The fourth-order valence-electron chi connectivity index (χ4n) is 23.3. The van der Waals surface area contributed by atoms with Crippen molar-refractivity contribution in [3.8, 4) is 5.75 Å². The van der Waals surface area contributed by atoms with Crippen molar-refractivity contribution in [2.24, 2.45) is 92.7 Å². The highest BCUT2D eigenvalue weighted by atomic mass is 32.2. The maximum absolute atomic E-state index is 14.2. The van der Waals surface area contributed by atoms with Crippen LogP contribution < -0.4 is 20.7 Å². The molecule has 4 aromatic carbocycles. The lowest BCUT2D eigenvalue weighted by Gasteiger charge is -2.63. The molecule has 0 saturated heterocycles. The number of benzene rings is 4. The van der Waals surface area contributed by atoms with E-state index in [9.17, 15) is 88.7 Å². The van der Waals surface area contributed by atoms with Gasteiger partial charge in [-0.2, -0.15) is 25.3 Å². The van der Waals surface area contributed by atoms with Gasteiger partial charge in [-0.05, 0) is 233 Å². The molecule has 0 bridgehead atoms. The quantitative estimate of drug-likeness (QED) is 0.0160. The molecule has 4 aromatic rings. The topological polar surface area (TPSA) is 401 Å². The molecule has 27 heteroatoms. The largest absolute Gasteiger partial charge is 0.483 e. The number of nitrogens with zero attached hydrogens (tertiary/aromatic N) is 1. The highest BCUT2D eigenvalue weighted by Crippen LogP contribution is 2.70. The number of fused-ring (bicyclic) bond motifs is 10. The SMILES string of the molecule is C[C@H](CCC(=O)NCCCCN(CCCCNC(=O)CC[C@@H](C)[C@H]1CC[C@H]2[C@@H]3[C@H](O)C[C@@H]4C[C@H](O)CC[C@]4(C)[C@H]3C[C@H](O)[C@]12C)C(=O)CNC(=O)COc1cc(S(=O)(=O)O)c2ccc3c(S(=O)(=O)O)ccc4c(S(=O)(=O)O)cc1c2c34)[C@H]1CC[C@H]2[C@@H]3[C@H](O)C[C@@H]4C[C@H](O)CC[C@]4(C)[C@H]3C[C@H](O)[C@]12C. The molecule has 0 radical (unpaired) electrons. The Hall–Kier alpha value is -4.91. The molecule has 4 amide bonds. The molecule has 8 aliphatic rings. The molecule has 12 rings (SSSR count). The molecular weight excluding hydrogens is 1390 g/mol. The van der Waals surface area contributed by atoms with E-state index in [0.717, 1.165) is 87.8 Å². The van der Waals surface area contributed by atoms with Crippen LogP contribution in [0, 0.1) is 92.7 Å².